The number of hydrogen-bond acceptors (Lipinski definition) is 5. The molecule has 0 spiro atoms. The van der Waals surface area contributed by atoms with E-state index in [1.54, 1.807) is 31.4 Å². The van der Waals surface area contributed by atoms with Crippen LogP contribution in [0, 0.1) is 0 Å². The van der Waals surface area contributed by atoms with Crippen molar-refractivity contribution in [3.05, 3.63) is 95.1 Å². The number of ether oxygens (including phenoxy) is 2. The van der Waals surface area contributed by atoms with Crippen molar-refractivity contribution < 1.29 is 23.9 Å². The Hall–Kier alpha value is -4.13. The average molecular weight is 487 g/mol. The van der Waals surface area contributed by atoms with Crippen LogP contribution in [0.3, 0.4) is 0 Å². The minimum absolute atomic E-state index is 0.0474. The van der Waals surface area contributed by atoms with Crippen LogP contribution in [0.25, 0.3) is 0 Å². The summed E-state index contributed by atoms with van der Waals surface area (Å²) in [4.78, 5) is 38.8. The molecule has 186 valence electrons. The average Bonchev–Trinajstić information content (AvgIpc) is 3.12. The Balaban J connectivity index is 1.44. The molecule has 36 heavy (non-hydrogen) atoms. The van der Waals surface area contributed by atoms with E-state index >= 15 is 0 Å². The van der Waals surface area contributed by atoms with Crippen molar-refractivity contribution in [1.29, 1.82) is 0 Å². The summed E-state index contributed by atoms with van der Waals surface area (Å²) in [6, 6.07) is 22.3. The van der Waals surface area contributed by atoms with Crippen LogP contribution in [-0.4, -0.2) is 48.9 Å². The summed E-state index contributed by atoms with van der Waals surface area (Å²) in [6.45, 7) is 4.01. The number of carbonyl (C=O) groups excluding carboxylic acids is 3. The summed E-state index contributed by atoms with van der Waals surface area (Å²) in [5.41, 5.74) is 2.73. The molecule has 7 nitrogen and oxygen atoms in total. The highest BCUT2D eigenvalue weighted by molar-refractivity contribution is 6.22. The van der Waals surface area contributed by atoms with Crippen LogP contribution < -0.4 is 14.8 Å². The van der Waals surface area contributed by atoms with Gasteiger partial charge in [-0.15, -0.1) is 0 Å². The first-order valence-corrected chi connectivity index (χ1v) is 12.0. The molecule has 0 aliphatic carbocycles. The SMILES string of the molecule is COc1ccccc1[C@H](CCNC(=O)CN1C(=O)c2ccccc2C1=O)c1ccc(OC(C)C)cc1. The predicted molar refractivity (Wildman–Crippen MR) is 136 cm³/mol. The molecule has 1 aliphatic heterocycles. The lowest BCUT2D eigenvalue weighted by Crippen LogP contribution is -2.40. The molecular formula is C29H30N2O5. The van der Waals surface area contributed by atoms with Crippen molar-refractivity contribution >= 4 is 17.7 Å². The third-order valence-electron chi connectivity index (χ3n) is 6.10. The molecule has 7 heteroatoms. The maximum Gasteiger partial charge on any atom is 0.262 e. The van der Waals surface area contributed by atoms with Crippen molar-refractivity contribution in [3.63, 3.8) is 0 Å². The largest absolute Gasteiger partial charge is 0.496 e. The van der Waals surface area contributed by atoms with Gasteiger partial charge in [0.25, 0.3) is 11.8 Å². The summed E-state index contributed by atoms with van der Waals surface area (Å²) in [5.74, 6) is 0.240. The van der Waals surface area contributed by atoms with E-state index in [4.69, 9.17) is 9.47 Å². The molecule has 0 bridgehead atoms. The first-order valence-electron chi connectivity index (χ1n) is 12.0. The molecule has 3 amide bonds. The van der Waals surface area contributed by atoms with Crippen molar-refractivity contribution in [2.24, 2.45) is 0 Å². The zero-order chi connectivity index (χ0) is 25.7. The van der Waals surface area contributed by atoms with Crippen molar-refractivity contribution in [3.8, 4) is 11.5 Å². The number of imide groups is 1. The normalized spacial score (nSPS) is 13.5. The molecular weight excluding hydrogens is 456 g/mol. The molecule has 3 aromatic rings. The number of amides is 3. The van der Waals surface area contributed by atoms with Crippen LogP contribution in [0.5, 0.6) is 11.5 Å². The van der Waals surface area contributed by atoms with E-state index in [0.717, 1.165) is 27.5 Å². The molecule has 0 fully saturated rings. The highest BCUT2D eigenvalue weighted by Crippen LogP contribution is 2.35. The van der Waals surface area contributed by atoms with Gasteiger partial charge in [-0.3, -0.25) is 19.3 Å². The maximum atomic E-state index is 12.7. The Morgan fingerprint density at radius 2 is 1.50 bits per heavy atom. The summed E-state index contributed by atoms with van der Waals surface area (Å²) in [7, 11) is 1.64. The first-order chi connectivity index (χ1) is 17.4. The van der Waals surface area contributed by atoms with E-state index < -0.39 is 11.8 Å². The number of carbonyl (C=O) groups is 3. The Morgan fingerprint density at radius 1 is 0.889 bits per heavy atom. The number of para-hydroxylation sites is 1. The standard InChI is InChI=1S/C29H30N2O5/c1-19(2)36-21-14-12-20(13-15-21)22(23-8-6-7-11-26(23)35-3)16-17-30-27(32)18-31-28(33)24-9-4-5-10-25(24)29(31)34/h4-15,19,22H,16-18H2,1-3H3,(H,30,32)/t22-/m1/s1. The molecule has 0 saturated heterocycles. The van der Waals surface area contributed by atoms with Gasteiger partial charge in [0.1, 0.15) is 18.0 Å². The van der Waals surface area contributed by atoms with Crippen LogP contribution in [0.1, 0.15) is 58.0 Å². The molecule has 1 atom stereocenters. The fourth-order valence-electron chi connectivity index (χ4n) is 4.45. The lowest BCUT2D eigenvalue weighted by atomic mass is 9.88. The van der Waals surface area contributed by atoms with Crippen molar-refractivity contribution in [2.75, 3.05) is 20.2 Å². The number of fused-ring (bicyclic) bond motifs is 1. The van der Waals surface area contributed by atoms with Crippen LogP contribution in [-0.2, 0) is 4.79 Å². The summed E-state index contributed by atoms with van der Waals surface area (Å²) >= 11 is 0. The number of hydrogen-bond donors (Lipinski definition) is 1. The summed E-state index contributed by atoms with van der Waals surface area (Å²) in [6.07, 6.45) is 0.678. The first kappa shape index (κ1) is 25.0. The van der Waals surface area contributed by atoms with Gasteiger partial charge >= 0.3 is 0 Å². The zero-order valence-electron chi connectivity index (χ0n) is 20.7. The minimum atomic E-state index is -0.443. The van der Waals surface area contributed by atoms with Gasteiger partial charge in [-0.2, -0.15) is 0 Å². The highest BCUT2D eigenvalue weighted by Gasteiger charge is 2.36. The minimum Gasteiger partial charge on any atom is -0.496 e. The molecule has 3 aromatic carbocycles. The summed E-state index contributed by atoms with van der Waals surface area (Å²) in [5, 5.41) is 2.87. The van der Waals surface area contributed by atoms with E-state index in [1.807, 2.05) is 62.4 Å². The lowest BCUT2D eigenvalue weighted by molar-refractivity contribution is -0.121. The van der Waals surface area contributed by atoms with E-state index in [-0.39, 0.29) is 24.5 Å². The van der Waals surface area contributed by atoms with Gasteiger partial charge in [-0.1, -0.05) is 42.5 Å². The van der Waals surface area contributed by atoms with Gasteiger partial charge in [0.15, 0.2) is 0 Å². The molecule has 0 saturated carbocycles. The number of benzene rings is 3. The molecule has 4 rings (SSSR count). The fourth-order valence-corrected chi connectivity index (χ4v) is 4.45. The molecule has 0 aromatic heterocycles. The second-order valence-corrected chi connectivity index (χ2v) is 8.91. The third kappa shape index (κ3) is 5.40. The van der Waals surface area contributed by atoms with Gasteiger partial charge < -0.3 is 14.8 Å². The number of methoxy groups -OCH3 is 1. The van der Waals surface area contributed by atoms with Crippen LogP contribution in [0.15, 0.2) is 72.8 Å². The van der Waals surface area contributed by atoms with Gasteiger partial charge in [0.05, 0.1) is 24.3 Å². The van der Waals surface area contributed by atoms with Crippen molar-refractivity contribution in [2.45, 2.75) is 32.3 Å². The Labute approximate surface area is 211 Å². The molecule has 0 radical (unpaired) electrons. The Bertz CT molecular complexity index is 1220. The monoisotopic (exact) mass is 486 g/mol. The van der Waals surface area contributed by atoms with E-state index in [2.05, 4.69) is 5.32 Å². The number of rotatable bonds is 10. The molecule has 1 heterocycles. The van der Waals surface area contributed by atoms with Gasteiger partial charge in [-0.25, -0.2) is 0 Å². The van der Waals surface area contributed by atoms with E-state index in [9.17, 15) is 14.4 Å². The maximum absolute atomic E-state index is 12.7. The quantitative estimate of drug-likeness (QED) is 0.429. The summed E-state index contributed by atoms with van der Waals surface area (Å²) < 4.78 is 11.4. The Morgan fingerprint density at radius 3 is 2.11 bits per heavy atom. The molecule has 1 aliphatic rings. The fraction of sp³-hybridized carbons (Fsp3) is 0.276. The van der Waals surface area contributed by atoms with Gasteiger partial charge in [0, 0.05) is 18.0 Å². The van der Waals surface area contributed by atoms with Crippen LogP contribution >= 0.6 is 0 Å². The van der Waals surface area contributed by atoms with Gasteiger partial charge in [0.2, 0.25) is 5.91 Å². The third-order valence-corrected chi connectivity index (χ3v) is 6.10. The van der Waals surface area contributed by atoms with Crippen LogP contribution in [0.2, 0.25) is 0 Å². The lowest BCUT2D eigenvalue weighted by Gasteiger charge is -2.22. The van der Waals surface area contributed by atoms with E-state index in [1.165, 1.54) is 0 Å². The smallest absolute Gasteiger partial charge is 0.262 e. The van der Waals surface area contributed by atoms with E-state index in [0.29, 0.717) is 24.1 Å². The number of nitrogens with zero attached hydrogens (tertiary/aromatic N) is 1. The number of nitrogens with one attached hydrogen (secondary N) is 1. The predicted octanol–water partition coefficient (Wildman–Crippen LogP) is 4.42. The van der Waals surface area contributed by atoms with Crippen molar-refractivity contribution in [1.82, 2.24) is 10.2 Å². The molecule has 0 unspecified atom stereocenters. The zero-order valence-corrected chi connectivity index (χ0v) is 20.7. The van der Waals surface area contributed by atoms with Crippen LogP contribution in [0.4, 0.5) is 0 Å². The topological polar surface area (TPSA) is 84.9 Å². The molecule has 1 N–H and O–H groups in total. The Kier molecular flexibility index (Phi) is 7.68. The second kappa shape index (κ2) is 11.1. The highest BCUT2D eigenvalue weighted by atomic mass is 16.5. The van der Waals surface area contributed by atoms with Gasteiger partial charge in [-0.05, 0) is 56.2 Å². The second-order valence-electron chi connectivity index (χ2n) is 8.91.